The predicted octanol–water partition coefficient (Wildman–Crippen LogP) is 4.53. The first-order chi connectivity index (χ1) is 16.4. The molecule has 0 radical (unpaired) electrons. The number of aromatic nitrogens is 3. The first-order valence-electron chi connectivity index (χ1n) is 11.6. The van der Waals surface area contributed by atoms with Crippen molar-refractivity contribution in [3.63, 3.8) is 0 Å². The monoisotopic (exact) mass is 475 g/mol. The summed E-state index contributed by atoms with van der Waals surface area (Å²) in [4.78, 5) is 31.0. The van der Waals surface area contributed by atoms with Gasteiger partial charge in [-0.15, -0.1) is 0 Å². The number of rotatable bonds is 5. The van der Waals surface area contributed by atoms with Crippen LogP contribution in [0.1, 0.15) is 55.1 Å². The van der Waals surface area contributed by atoms with Gasteiger partial charge >= 0.3 is 0 Å². The molecule has 4 rings (SSSR count). The zero-order valence-electron chi connectivity index (χ0n) is 19.8. The summed E-state index contributed by atoms with van der Waals surface area (Å²) >= 11 is 1.26. The van der Waals surface area contributed by atoms with E-state index in [1.165, 1.54) is 29.3 Å². The second-order valence-electron chi connectivity index (χ2n) is 8.66. The third-order valence-corrected chi connectivity index (χ3v) is 7.45. The van der Waals surface area contributed by atoms with Crippen molar-refractivity contribution < 1.29 is 4.79 Å². The molecule has 1 unspecified atom stereocenters. The van der Waals surface area contributed by atoms with Crippen molar-refractivity contribution in [1.29, 1.82) is 5.26 Å². The Hall–Kier alpha value is -3.31. The van der Waals surface area contributed by atoms with Crippen LogP contribution in [0, 0.1) is 18.3 Å². The number of hydrogen-bond donors (Lipinski definition) is 1. The normalized spacial score (nSPS) is 14.4. The van der Waals surface area contributed by atoms with Crippen LogP contribution in [-0.2, 0) is 24.7 Å². The number of benzene rings is 1. The van der Waals surface area contributed by atoms with Gasteiger partial charge in [0, 0.05) is 12.7 Å². The number of amides is 1. The van der Waals surface area contributed by atoms with Crippen molar-refractivity contribution >= 4 is 23.4 Å². The summed E-state index contributed by atoms with van der Waals surface area (Å²) in [6.45, 7) is 3.58. The Kier molecular flexibility index (Phi) is 7.23. The highest BCUT2D eigenvalue weighted by molar-refractivity contribution is 8.00. The quantitative estimate of drug-likeness (QED) is 0.548. The van der Waals surface area contributed by atoms with Gasteiger partial charge in [-0.2, -0.15) is 5.26 Å². The second-order valence-corrected chi connectivity index (χ2v) is 9.99. The van der Waals surface area contributed by atoms with E-state index >= 15 is 0 Å². The Labute approximate surface area is 203 Å². The van der Waals surface area contributed by atoms with Gasteiger partial charge in [-0.25, -0.2) is 9.67 Å². The van der Waals surface area contributed by atoms with E-state index in [1.807, 2.05) is 36.4 Å². The molecule has 2 heterocycles. The van der Waals surface area contributed by atoms with Crippen LogP contribution < -0.4 is 10.9 Å². The summed E-state index contributed by atoms with van der Waals surface area (Å²) in [6, 6.07) is 13.5. The highest BCUT2D eigenvalue weighted by Crippen LogP contribution is 2.30. The number of thioether (sulfide) groups is 1. The minimum Gasteiger partial charge on any atom is -0.319 e. The van der Waals surface area contributed by atoms with Gasteiger partial charge in [0.1, 0.15) is 16.8 Å². The lowest BCUT2D eigenvalue weighted by Crippen LogP contribution is -2.27. The summed E-state index contributed by atoms with van der Waals surface area (Å²) in [6.07, 6.45) is 6.45. The Bertz CT molecular complexity index is 1300. The van der Waals surface area contributed by atoms with Crippen LogP contribution in [-0.4, -0.2) is 25.5 Å². The number of fused-ring (bicyclic) bond motifs is 1. The first kappa shape index (κ1) is 23.8. The fraction of sp³-hybridized carbons (Fsp3) is 0.385. The average Bonchev–Trinajstić information content (AvgIpc) is 3.03. The standard InChI is InChI=1S/C26H29N5O2S/c1-17-23(26(33)31(30(17)3)21-12-8-6-9-13-21)29-24(32)18(2)34-25-20(16-27)15-19-11-7-4-5-10-14-22(19)28-25/h6,8-9,12-13,15,18H,4-5,7,10-11,14H2,1-3H3,(H,29,32). The number of pyridine rings is 1. The van der Waals surface area contributed by atoms with E-state index in [9.17, 15) is 14.9 Å². The van der Waals surface area contributed by atoms with Crippen LogP contribution in [0.25, 0.3) is 5.69 Å². The molecule has 1 aliphatic rings. The van der Waals surface area contributed by atoms with Gasteiger partial charge < -0.3 is 5.32 Å². The van der Waals surface area contributed by atoms with Crippen LogP contribution in [0.2, 0.25) is 0 Å². The van der Waals surface area contributed by atoms with Gasteiger partial charge in [-0.1, -0.05) is 42.8 Å². The molecule has 0 saturated heterocycles. The first-order valence-corrected chi connectivity index (χ1v) is 12.5. The topological polar surface area (TPSA) is 92.7 Å². The molecule has 1 aliphatic carbocycles. The lowest BCUT2D eigenvalue weighted by molar-refractivity contribution is -0.115. The van der Waals surface area contributed by atoms with E-state index in [-0.39, 0.29) is 17.2 Å². The van der Waals surface area contributed by atoms with E-state index in [0.29, 0.717) is 16.3 Å². The van der Waals surface area contributed by atoms with E-state index in [1.54, 1.807) is 25.6 Å². The minimum atomic E-state index is -0.532. The molecule has 176 valence electrons. The Morgan fingerprint density at radius 1 is 1.18 bits per heavy atom. The number of carbonyl (C=O) groups excluding carboxylic acids is 1. The largest absolute Gasteiger partial charge is 0.319 e. The van der Waals surface area contributed by atoms with Gasteiger partial charge in [-0.05, 0) is 63.3 Å². The van der Waals surface area contributed by atoms with Crippen LogP contribution in [0.4, 0.5) is 5.69 Å². The second kappa shape index (κ2) is 10.3. The van der Waals surface area contributed by atoms with E-state index < -0.39 is 5.25 Å². The van der Waals surface area contributed by atoms with Gasteiger partial charge in [-0.3, -0.25) is 14.3 Å². The van der Waals surface area contributed by atoms with Crippen LogP contribution in [0.5, 0.6) is 0 Å². The predicted molar refractivity (Wildman–Crippen MR) is 135 cm³/mol. The molecule has 7 nitrogen and oxygen atoms in total. The van der Waals surface area contributed by atoms with Gasteiger partial charge in [0.25, 0.3) is 5.56 Å². The number of carbonyl (C=O) groups is 1. The SMILES string of the molecule is Cc1c(NC(=O)C(C)Sc2nc3c(cc2C#N)CCCCCC3)c(=O)n(-c2ccccc2)n1C. The van der Waals surface area contributed by atoms with E-state index in [4.69, 9.17) is 4.98 Å². The van der Waals surface area contributed by atoms with Gasteiger partial charge in [0.15, 0.2) is 0 Å². The number of anilines is 1. The van der Waals surface area contributed by atoms with Crippen molar-refractivity contribution in [3.05, 3.63) is 69.3 Å². The van der Waals surface area contributed by atoms with Crippen LogP contribution in [0.3, 0.4) is 0 Å². The molecule has 8 heteroatoms. The molecule has 0 aliphatic heterocycles. The maximum absolute atomic E-state index is 13.1. The number of hydrogen-bond acceptors (Lipinski definition) is 5. The summed E-state index contributed by atoms with van der Waals surface area (Å²) in [5.74, 6) is -0.298. The van der Waals surface area contributed by atoms with Crippen LogP contribution in [0.15, 0.2) is 46.2 Å². The molecule has 34 heavy (non-hydrogen) atoms. The summed E-state index contributed by atoms with van der Waals surface area (Å²) in [5, 5.41) is 12.6. The summed E-state index contributed by atoms with van der Waals surface area (Å²) in [5.41, 5.74) is 4.06. The zero-order valence-corrected chi connectivity index (χ0v) is 20.6. The molecular weight excluding hydrogens is 446 g/mol. The van der Waals surface area contributed by atoms with Crippen molar-refractivity contribution in [2.24, 2.45) is 7.05 Å². The summed E-state index contributed by atoms with van der Waals surface area (Å²) < 4.78 is 3.27. The maximum atomic E-state index is 13.1. The zero-order chi connectivity index (χ0) is 24.2. The molecule has 0 bridgehead atoms. The Balaban J connectivity index is 1.56. The molecule has 3 aromatic rings. The number of aryl methyl sites for hydroxylation is 2. The van der Waals surface area contributed by atoms with Crippen molar-refractivity contribution in [1.82, 2.24) is 14.3 Å². The number of para-hydroxylation sites is 1. The number of nitriles is 1. The summed E-state index contributed by atoms with van der Waals surface area (Å²) in [7, 11) is 1.79. The third-order valence-electron chi connectivity index (χ3n) is 6.35. The average molecular weight is 476 g/mol. The van der Waals surface area contributed by atoms with Crippen molar-refractivity contribution in [2.75, 3.05) is 5.32 Å². The Morgan fingerprint density at radius 2 is 1.88 bits per heavy atom. The molecule has 1 amide bonds. The van der Waals surface area contributed by atoms with Crippen molar-refractivity contribution in [2.45, 2.75) is 62.6 Å². The molecule has 1 N–H and O–H groups in total. The molecule has 0 saturated carbocycles. The highest BCUT2D eigenvalue weighted by Gasteiger charge is 2.23. The highest BCUT2D eigenvalue weighted by atomic mass is 32.2. The van der Waals surface area contributed by atoms with Crippen LogP contribution >= 0.6 is 11.8 Å². The van der Waals surface area contributed by atoms with E-state index in [0.717, 1.165) is 42.6 Å². The van der Waals surface area contributed by atoms with Crippen molar-refractivity contribution in [3.8, 4) is 11.8 Å². The van der Waals surface area contributed by atoms with E-state index in [2.05, 4.69) is 11.4 Å². The fourth-order valence-corrected chi connectivity index (χ4v) is 5.19. The lowest BCUT2D eigenvalue weighted by atomic mass is 9.96. The number of nitrogens with zero attached hydrogens (tertiary/aromatic N) is 4. The number of nitrogens with one attached hydrogen (secondary N) is 1. The third kappa shape index (κ3) is 4.80. The molecule has 2 aromatic heterocycles. The maximum Gasteiger partial charge on any atom is 0.295 e. The lowest BCUT2D eigenvalue weighted by Gasteiger charge is -2.17. The molecular formula is C26H29N5O2S. The van der Waals surface area contributed by atoms with Gasteiger partial charge in [0.2, 0.25) is 5.91 Å². The minimum absolute atomic E-state index is 0.260. The fourth-order valence-electron chi connectivity index (χ4n) is 4.30. The van der Waals surface area contributed by atoms with Gasteiger partial charge in [0.05, 0.1) is 22.2 Å². The molecule has 0 fully saturated rings. The molecule has 1 aromatic carbocycles. The Morgan fingerprint density at radius 3 is 2.59 bits per heavy atom. The molecule has 1 atom stereocenters. The molecule has 0 spiro atoms. The smallest absolute Gasteiger partial charge is 0.295 e.